The molecule has 0 unspecified atom stereocenters. The number of thiazole rings is 1. The fourth-order valence-electron chi connectivity index (χ4n) is 2.88. The molecule has 2 fully saturated rings. The number of likely N-dealkylation sites (tertiary alicyclic amines) is 1. The van der Waals surface area contributed by atoms with Crippen LogP contribution in [0.5, 0.6) is 0 Å². The number of hydrogen-bond donors (Lipinski definition) is 1. The summed E-state index contributed by atoms with van der Waals surface area (Å²) in [5.74, 6) is 0. The van der Waals surface area contributed by atoms with Crippen LogP contribution < -0.4 is 0 Å². The Morgan fingerprint density at radius 1 is 1.59 bits per heavy atom. The summed E-state index contributed by atoms with van der Waals surface area (Å²) < 4.78 is 5.79. The van der Waals surface area contributed by atoms with Gasteiger partial charge in [-0.25, -0.2) is 0 Å². The quantitative estimate of drug-likeness (QED) is 0.863. The number of ether oxygens (including phenoxy) is 1. The van der Waals surface area contributed by atoms with E-state index in [2.05, 4.69) is 9.88 Å². The molecule has 2 saturated heterocycles. The van der Waals surface area contributed by atoms with E-state index in [1.54, 1.807) is 11.3 Å². The Morgan fingerprint density at radius 3 is 3.18 bits per heavy atom. The van der Waals surface area contributed by atoms with Crippen molar-refractivity contribution in [2.75, 3.05) is 19.7 Å². The fourth-order valence-corrected chi connectivity index (χ4v) is 3.52. The van der Waals surface area contributed by atoms with Gasteiger partial charge in [-0.05, 0) is 19.3 Å². The number of hydrogen-bond acceptors (Lipinski definition) is 5. The van der Waals surface area contributed by atoms with Gasteiger partial charge in [0.05, 0.1) is 17.2 Å². The van der Waals surface area contributed by atoms with Gasteiger partial charge >= 0.3 is 0 Å². The number of piperidine rings is 1. The molecule has 4 nitrogen and oxygen atoms in total. The number of rotatable bonds is 2. The minimum Gasteiger partial charge on any atom is -0.389 e. The Balaban J connectivity index is 1.61. The summed E-state index contributed by atoms with van der Waals surface area (Å²) in [6.45, 7) is 3.44. The first-order valence-electron chi connectivity index (χ1n) is 6.20. The maximum atomic E-state index is 10.3. The first kappa shape index (κ1) is 11.6. The van der Waals surface area contributed by atoms with Gasteiger partial charge in [-0.15, -0.1) is 11.3 Å². The van der Waals surface area contributed by atoms with Crippen LogP contribution in [0.1, 0.15) is 24.1 Å². The van der Waals surface area contributed by atoms with Crippen molar-refractivity contribution in [1.82, 2.24) is 9.88 Å². The summed E-state index contributed by atoms with van der Waals surface area (Å²) in [4.78, 5) is 7.64. The molecule has 0 aromatic carbocycles. The van der Waals surface area contributed by atoms with E-state index in [0.717, 1.165) is 45.5 Å². The molecule has 0 amide bonds. The van der Waals surface area contributed by atoms with Gasteiger partial charge in [0.15, 0.2) is 0 Å². The van der Waals surface area contributed by atoms with Crippen LogP contribution in [0.3, 0.4) is 0 Å². The lowest BCUT2D eigenvalue weighted by molar-refractivity contribution is -0.130. The van der Waals surface area contributed by atoms with Crippen LogP contribution in [-0.2, 0) is 11.3 Å². The van der Waals surface area contributed by atoms with E-state index in [4.69, 9.17) is 4.74 Å². The van der Waals surface area contributed by atoms with Gasteiger partial charge in [-0.1, -0.05) is 0 Å². The number of aromatic nitrogens is 1. The third kappa shape index (κ3) is 2.25. The van der Waals surface area contributed by atoms with Gasteiger partial charge in [0.25, 0.3) is 0 Å². The fraction of sp³-hybridized carbons (Fsp3) is 0.750. The number of aliphatic hydroxyl groups excluding tert-OH is 1. The first-order valence-corrected chi connectivity index (χ1v) is 7.08. The van der Waals surface area contributed by atoms with Crippen LogP contribution in [0.4, 0.5) is 0 Å². The monoisotopic (exact) mass is 254 g/mol. The van der Waals surface area contributed by atoms with Gasteiger partial charge in [0, 0.05) is 37.3 Å². The average molecular weight is 254 g/mol. The molecule has 0 radical (unpaired) electrons. The van der Waals surface area contributed by atoms with Crippen molar-refractivity contribution >= 4 is 11.3 Å². The predicted octanol–water partition coefficient (Wildman–Crippen LogP) is 1.26. The van der Waals surface area contributed by atoms with Crippen LogP contribution in [0.25, 0.3) is 0 Å². The Morgan fingerprint density at radius 2 is 2.53 bits per heavy atom. The Labute approximate surface area is 105 Å². The van der Waals surface area contributed by atoms with Crippen LogP contribution >= 0.6 is 11.3 Å². The zero-order chi connectivity index (χ0) is 11.7. The lowest BCUT2D eigenvalue weighted by Gasteiger charge is -2.42. The average Bonchev–Trinajstić information content (AvgIpc) is 2.96. The molecule has 0 saturated carbocycles. The number of β-amino-alcohol motifs (C(OH)–C–C–N with tert-alkyl or cyclic N) is 1. The van der Waals surface area contributed by atoms with Crippen molar-refractivity contribution < 1.29 is 9.84 Å². The third-order valence-corrected chi connectivity index (χ3v) is 4.65. The van der Waals surface area contributed by atoms with Crippen molar-refractivity contribution in [3.05, 3.63) is 16.6 Å². The summed E-state index contributed by atoms with van der Waals surface area (Å²) in [5, 5.41) is 10.3. The molecule has 3 rings (SSSR count). The topological polar surface area (TPSA) is 45.6 Å². The molecular formula is C12H18N2O2S. The molecule has 17 heavy (non-hydrogen) atoms. The summed E-state index contributed by atoms with van der Waals surface area (Å²) in [5.41, 5.74) is 1.63. The highest BCUT2D eigenvalue weighted by Crippen LogP contribution is 2.36. The molecule has 1 spiro atoms. The largest absolute Gasteiger partial charge is 0.389 e. The number of aliphatic hydroxyl groups is 1. The predicted molar refractivity (Wildman–Crippen MR) is 65.9 cm³/mol. The highest BCUT2D eigenvalue weighted by atomic mass is 32.1. The van der Waals surface area contributed by atoms with E-state index < -0.39 is 0 Å². The van der Waals surface area contributed by atoms with Crippen molar-refractivity contribution in [1.29, 1.82) is 0 Å². The Kier molecular flexibility index (Phi) is 3.17. The van der Waals surface area contributed by atoms with Gasteiger partial charge in [0.1, 0.15) is 0 Å². The van der Waals surface area contributed by atoms with Crippen molar-refractivity contribution in [2.45, 2.75) is 37.5 Å². The molecule has 5 heteroatoms. The van der Waals surface area contributed by atoms with Gasteiger partial charge < -0.3 is 9.84 Å². The summed E-state index contributed by atoms with van der Waals surface area (Å²) in [7, 11) is 0. The maximum Gasteiger partial charge on any atom is 0.0965 e. The first-order chi connectivity index (χ1) is 8.28. The smallest absolute Gasteiger partial charge is 0.0965 e. The van der Waals surface area contributed by atoms with Crippen LogP contribution in [0.2, 0.25) is 0 Å². The van der Waals surface area contributed by atoms with Gasteiger partial charge in [0.2, 0.25) is 0 Å². The lowest BCUT2D eigenvalue weighted by atomic mass is 9.86. The zero-order valence-electron chi connectivity index (χ0n) is 9.84. The molecular weight excluding hydrogens is 236 g/mol. The molecule has 2 atom stereocenters. The molecule has 0 bridgehead atoms. The van der Waals surface area contributed by atoms with E-state index in [1.807, 2.05) is 11.7 Å². The van der Waals surface area contributed by atoms with Gasteiger partial charge in [-0.3, -0.25) is 9.88 Å². The SMILES string of the molecule is O[C@H]1CN(Cc2cncs2)CC[C@@]12CCCO2. The number of nitrogens with zero attached hydrogens (tertiary/aromatic N) is 2. The molecule has 2 aliphatic heterocycles. The molecule has 3 heterocycles. The second kappa shape index (κ2) is 4.65. The van der Waals surface area contributed by atoms with Crippen LogP contribution in [0.15, 0.2) is 11.7 Å². The summed E-state index contributed by atoms with van der Waals surface area (Å²) >= 11 is 1.68. The lowest BCUT2D eigenvalue weighted by Crippen LogP contribution is -2.54. The molecule has 94 valence electrons. The zero-order valence-corrected chi connectivity index (χ0v) is 10.7. The second-order valence-electron chi connectivity index (χ2n) is 4.99. The van der Waals surface area contributed by atoms with E-state index in [0.29, 0.717) is 0 Å². The van der Waals surface area contributed by atoms with Crippen molar-refractivity contribution in [2.24, 2.45) is 0 Å². The molecule has 1 aromatic rings. The molecule has 1 N–H and O–H groups in total. The summed E-state index contributed by atoms with van der Waals surface area (Å²) in [6, 6.07) is 0. The van der Waals surface area contributed by atoms with E-state index >= 15 is 0 Å². The highest BCUT2D eigenvalue weighted by molar-refractivity contribution is 7.09. The molecule has 2 aliphatic rings. The third-order valence-electron chi connectivity index (χ3n) is 3.89. The van der Waals surface area contributed by atoms with Crippen molar-refractivity contribution in [3.8, 4) is 0 Å². The van der Waals surface area contributed by atoms with E-state index in [-0.39, 0.29) is 11.7 Å². The van der Waals surface area contributed by atoms with E-state index in [1.165, 1.54) is 4.88 Å². The van der Waals surface area contributed by atoms with Crippen molar-refractivity contribution in [3.63, 3.8) is 0 Å². The Bertz CT molecular complexity index is 363. The normalized spacial score (nSPS) is 34.5. The second-order valence-corrected chi connectivity index (χ2v) is 5.96. The van der Waals surface area contributed by atoms with E-state index in [9.17, 15) is 5.11 Å². The molecule has 0 aliphatic carbocycles. The minimum absolute atomic E-state index is 0.232. The summed E-state index contributed by atoms with van der Waals surface area (Å²) in [6.07, 6.45) is 4.63. The standard InChI is InChI=1S/C12H18N2O2S/c15-11-8-14(7-10-6-13-9-17-10)4-3-12(11)2-1-5-16-12/h6,9,11,15H,1-5,7-8H2/t11-,12-/m0/s1. The highest BCUT2D eigenvalue weighted by Gasteiger charge is 2.45. The molecule has 1 aromatic heterocycles. The van der Waals surface area contributed by atoms with Crippen LogP contribution in [-0.4, -0.2) is 46.4 Å². The van der Waals surface area contributed by atoms with Crippen LogP contribution in [0, 0.1) is 0 Å². The minimum atomic E-state index is -0.341. The van der Waals surface area contributed by atoms with Gasteiger partial charge in [-0.2, -0.15) is 0 Å². The Hall–Kier alpha value is -0.490. The maximum absolute atomic E-state index is 10.3.